The highest BCUT2D eigenvalue weighted by Gasteiger charge is 2.60. The second kappa shape index (κ2) is 3.86. The number of nitrogens with zero attached hydrogens (tertiary/aromatic N) is 1. The number of hydrogen-bond donors (Lipinski definition) is 1. The lowest BCUT2D eigenvalue weighted by Gasteiger charge is -2.34. The summed E-state index contributed by atoms with van der Waals surface area (Å²) in [6.07, 6.45) is 2.40. The quantitative estimate of drug-likeness (QED) is 0.797. The molecule has 2 aliphatic rings. The van der Waals surface area contributed by atoms with E-state index in [1.165, 1.54) is 4.83 Å². The Hall–Kier alpha value is -0.790. The zero-order valence-corrected chi connectivity index (χ0v) is 11.8. The number of halogens is 3. The highest BCUT2D eigenvalue weighted by Crippen LogP contribution is 2.63. The van der Waals surface area contributed by atoms with Gasteiger partial charge in [0, 0.05) is 11.1 Å². The summed E-state index contributed by atoms with van der Waals surface area (Å²) in [6, 6.07) is 0. The van der Waals surface area contributed by atoms with Gasteiger partial charge < -0.3 is 0 Å². The molecule has 0 aromatic carbocycles. The van der Waals surface area contributed by atoms with Crippen LogP contribution in [0.2, 0.25) is 0 Å². The summed E-state index contributed by atoms with van der Waals surface area (Å²) in [5, 5.41) is 3.57. The molecule has 19 heavy (non-hydrogen) atoms. The van der Waals surface area contributed by atoms with Crippen molar-refractivity contribution in [1.82, 2.24) is 4.83 Å². The lowest BCUT2D eigenvalue weighted by molar-refractivity contribution is -0.0447. The molecular formula is C11H17F3N2O2S. The Balaban J connectivity index is 2.25. The fourth-order valence-electron chi connectivity index (χ4n) is 3.26. The van der Waals surface area contributed by atoms with Crippen LogP contribution >= 0.6 is 0 Å². The van der Waals surface area contributed by atoms with Crippen LogP contribution in [-0.2, 0) is 10.0 Å². The lowest BCUT2D eigenvalue weighted by atomic mass is 9.70. The molecule has 8 heteroatoms. The van der Waals surface area contributed by atoms with Gasteiger partial charge in [-0.25, -0.2) is 0 Å². The largest absolute Gasteiger partial charge is 0.517 e. The van der Waals surface area contributed by atoms with Crippen LogP contribution in [0, 0.1) is 16.7 Å². The minimum atomic E-state index is -5.40. The third-order valence-electron chi connectivity index (χ3n) is 5.12. The molecule has 2 fully saturated rings. The highest BCUT2D eigenvalue weighted by molar-refractivity contribution is 7.90. The number of fused-ring (bicyclic) bond motifs is 2. The first-order valence-corrected chi connectivity index (χ1v) is 7.55. The van der Waals surface area contributed by atoms with Gasteiger partial charge in [-0.3, -0.25) is 0 Å². The first-order valence-electron chi connectivity index (χ1n) is 6.07. The topological polar surface area (TPSA) is 58.5 Å². The normalized spacial score (nSPS) is 35.9. The summed E-state index contributed by atoms with van der Waals surface area (Å²) in [5.74, 6) is 0.353. The molecule has 0 aromatic rings. The predicted molar refractivity (Wildman–Crippen MR) is 64.8 cm³/mol. The maximum absolute atomic E-state index is 12.2. The number of hydrazone groups is 1. The van der Waals surface area contributed by atoms with Gasteiger partial charge in [0.15, 0.2) is 0 Å². The molecule has 0 heterocycles. The van der Waals surface area contributed by atoms with Crippen molar-refractivity contribution < 1.29 is 21.6 Å². The molecule has 2 aliphatic carbocycles. The molecule has 0 spiro atoms. The molecule has 0 aromatic heterocycles. The van der Waals surface area contributed by atoms with Crippen molar-refractivity contribution in [3.8, 4) is 0 Å². The molecule has 0 aliphatic heterocycles. The fraction of sp³-hybridized carbons (Fsp3) is 0.909. The Bertz CT molecular complexity index is 525. The van der Waals surface area contributed by atoms with Gasteiger partial charge in [-0.05, 0) is 30.6 Å². The Morgan fingerprint density at radius 1 is 1.32 bits per heavy atom. The van der Waals surface area contributed by atoms with E-state index in [-0.39, 0.29) is 10.8 Å². The van der Waals surface area contributed by atoms with E-state index < -0.39 is 15.5 Å². The van der Waals surface area contributed by atoms with Gasteiger partial charge in [-0.1, -0.05) is 20.8 Å². The third kappa shape index (κ3) is 1.95. The van der Waals surface area contributed by atoms with E-state index in [0.29, 0.717) is 18.1 Å². The minimum Gasteiger partial charge on any atom is -0.196 e. The maximum atomic E-state index is 12.2. The van der Waals surface area contributed by atoms with Crippen molar-refractivity contribution in [1.29, 1.82) is 0 Å². The van der Waals surface area contributed by atoms with Crippen molar-refractivity contribution in [3.05, 3.63) is 0 Å². The van der Waals surface area contributed by atoms with E-state index in [4.69, 9.17) is 0 Å². The van der Waals surface area contributed by atoms with E-state index >= 15 is 0 Å². The van der Waals surface area contributed by atoms with Crippen molar-refractivity contribution in [2.45, 2.75) is 45.5 Å². The SMILES string of the molecule is CC1(C)[C@H]2CC[C@]1(C)/C(=N\NS(=O)(=O)C(F)(F)F)C2. The summed E-state index contributed by atoms with van der Waals surface area (Å²) in [5.41, 5.74) is -5.19. The van der Waals surface area contributed by atoms with Crippen LogP contribution in [0.4, 0.5) is 13.2 Å². The van der Waals surface area contributed by atoms with Crippen LogP contribution < -0.4 is 4.83 Å². The summed E-state index contributed by atoms with van der Waals surface area (Å²) >= 11 is 0. The molecule has 2 rings (SSSR count). The summed E-state index contributed by atoms with van der Waals surface area (Å²) in [6.45, 7) is 6.07. The van der Waals surface area contributed by atoms with Crippen molar-refractivity contribution in [2.24, 2.45) is 21.8 Å². The van der Waals surface area contributed by atoms with Gasteiger partial charge in [-0.2, -0.15) is 31.5 Å². The van der Waals surface area contributed by atoms with Gasteiger partial charge in [0.2, 0.25) is 0 Å². The van der Waals surface area contributed by atoms with E-state index in [9.17, 15) is 21.6 Å². The molecule has 2 saturated carbocycles. The van der Waals surface area contributed by atoms with Gasteiger partial charge >= 0.3 is 15.5 Å². The second-order valence-electron chi connectivity index (χ2n) is 6.09. The zero-order valence-electron chi connectivity index (χ0n) is 11.0. The average Bonchev–Trinajstić information content (AvgIpc) is 2.57. The van der Waals surface area contributed by atoms with Crippen LogP contribution in [0.1, 0.15) is 40.0 Å². The predicted octanol–water partition coefficient (Wildman–Crippen LogP) is 2.63. The van der Waals surface area contributed by atoms with Crippen LogP contribution in [0.25, 0.3) is 0 Å². The number of hydrogen-bond acceptors (Lipinski definition) is 3. The molecule has 0 radical (unpaired) electrons. The first kappa shape index (κ1) is 14.6. The molecular weight excluding hydrogens is 281 g/mol. The van der Waals surface area contributed by atoms with Crippen LogP contribution in [0.15, 0.2) is 5.10 Å². The minimum absolute atomic E-state index is 0.0600. The molecule has 0 amide bonds. The van der Waals surface area contributed by atoms with E-state index in [2.05, 4.69) is 18.9 Å². The number of sulfonamides is 1. The Morgan fingerprint density at radius 3 is 2.26 bits per heavy atom. The Kier molecular flexibility index (Phi) is 2.97. The summed E-state index contributed by atoms with van der Waals surface area (Å²) in [7, 11) is -5.40. The Labute approximate surface area is 110 Å². The lowest BCUT2D eigenvalue weighted by Crippen LogP contribution is -2.37. The smallest absolute Gasteiger partial charge is 0.196 e. The third-order valence-corrected chi connectivity index (χ3v) is 6.06. The Morgan fingerprint density at radius 2 is 1.89 bits per heavy atom. The number of nitrogens with one attached hydrogen (secondary N) is 1. The summed E-state index contributed by atoms with van der Waals surface area (Å²) in [4.78, 5) is 1.32. The zero-order chi connectivity index (χ0) is 14.7. The van der Waals surface area contributed by atoms with Crippen molar-refractivity contribution >= 4 is 15.7 Å². The molecule has 110 valence electrons. The molecule has 0 saturated heterocycles. The van der Waals surface area contributed by atoms with Gasteiger partial charge in [0.05, 0.1) is 0 Å². The van der Waals surface area contributed by atoms with Crippen molar-refractivity contribution in [3.63, 3.8) is 0 Å². The van der Waals surface area contributed by atoms with Crippen molar-refractivity contribution in [2.75, 3.05) is 0 Å². The van der Waals surface area contributed by atoms with Gasteiger partial charge in [0.1, 0.15) is 0 Å². The van der Waals surface area contributed by atoms with Crippen LogP contribution in [-0.4, -0.2) is 19.6 Å². The second-order valence-corrected chi connectivity index (χ2v) is 7.74. The standard InChI is InChI=1S/C11H17F3N2O2S/c1-9(2)7-4-5-10(9,3)8(6-7)15-16-19(17,18)11(12,13)14/h7,16H,4-6H2,1-3H3/b15-8-/t7-,10+/m0/s1. The molecule has 4 nitrogen and oxygen atoms in total. The average molecular weight is 298 g/mol. The molecule has 0 unspecified atom stereocenters. The summed E-state index contributed by atoms with van der Waals surface area (Å²) < 4.78 is 58.5. The van der Waals surface area contributed by atoms with Gasteiger partial charge in [-0.15, -0.1) is 0 Å². The van der Waals surface area contributed by atoms with Crippen LogP contribution in [0.3, 0.4) is 0 Å². The first-order chi connectivity index (χ1) is 8.42. The highest BCUT2D eigenvalue weighted by atomic mass is 32.2. The molecule has 1 N–H and O–H groups in total. The maximum Gasteiger partial charge on any atom is 0.517 e. The number of alkyl halides is 3. The van der Waals surface area contributed by atoms with E-state index in [1.807, 2.05) is 6.92 Å². The molecule has 2 bridgehead atoms. The fourth-order valence-corrected chi connectivity index (χ4v) is 3.60. The van der Waals surface area contributed by atoms with E-state index in [1.54, 1.807) is 0 Å². The monoisotopic (exact) mass is 298 g/mol. The molecule has 2 atom stereocenters. The van der Waals surface area contributed by atoms with E-state index in [0.717, 1.165) is 12.8 Å². The van der Waals surface area contributed by atoms with Gasteiger partial charge in [0.25, 0.3) is 0 Å². The number of rotatable bonds is 2. The van der Waals surface area contributed by atoms with Crippen LogP contribution in [0.5, 0.6) is 0 Å².